The van der Waals surface area contributed by atoms with Crippen molar-refractivity contribution in [1.29, 1.82) is 0 Å². The monoisotopic (exact) mass is 82.1 g/mol. The quantitative estimate of drug-likeness (QED) is 0.406. The van der Waals surface area contributed by atoms with Crippen LogP contribution in [0, 0.1) is 0 Å². The average Bonchev–Trinajstić information content (AvgIpc) is 1.72. The van der Waals surface area contributed by atoms with Gasteiger partial charge in [-0.15, -0.1) is 0 Å². The van der Waals surface area contributed by atoms with Crippen molar-refractivity contribution < 1.29 is 0 Å². The van der Waals surface area contributed by atoms with Crippen molar-refractivity contribution in [3.05, 3.63) is 12.4 Å². The Bertz CT molecular complexity index is 81.7. The minimum atomic E-state index is 1.14. The van der Waals surface area contributed by atoms with E-state index in [9.17, 15) is 0 Å². The topological polar surface area (TPSA) is 6.48 Å². The fourth-order valence-electron chi connectivity index (χ4n) is 0.802. The van der Waals surface area contributed by atoms with E-state index in [-0.39, 0.29) is 0 Å². The molecule has 3 heterocycles. The molecule has 2 bridgehead atoms. The molecule has 3 rings (SSSR count). The van der Waals surface area contributed by atoms with Crippen LogP contribution in [-0.4, -0.2) is 23.1 Å². The lowest BCUT2D eigenvalue weighted by Gasteiger charge is -2.32. The predicted octanol–water partition coefficient (Wildman–Crippen LogP) is 0.00380. The lowest BCUT2D eigenvalue weighted by Crippen LogP contribution is -2.42. The second-order valence-corrected chi connectivity index (χ2v) is 1.76. The Balaban J connectivity index is 2.32. The van der Waals surface area contributed by atoms with Gasteiger partial charge in [0.25, 0.3) is 0 Å². The Morgan fingerprint density at radius 3 is 1.67 bits per heavy atom. The minimum Gasteiger partial charge on any atom is -0.341 e. The molecule has 0 atom stereocenters. The molecule has 2 heteroatoms. The summed E-state index contributed by atoms with van der Waals surface area (Å²) in [5, 5.41) is 0. The molecule has 0 aromatic heterocycles. The van der Waals surface area contributed by atoms with Crippen LogP contribution in [0.2, 0.25) is 0 Å². The number of hydrogen-bond acceptors (Lipinski definition) is 2. The predicted molar refractivity (Wildman–Crippen MR) is 22.6 cm³/mol. The molecule has 0 aliphatic carbocycles. The highest BCUT2D eigenvalue weighted by Crippen LogP contribution is 2.16. The highest BCUT2D eigenvalue weighted by Gasteiger charge is 2.22. The Hall–Kier alpha value is -0.660. The van der Waals surface area contributed by atoms with Gasteiger partial charge < -0.3 is 9.80 Å². The smallest absolute Gasteiger partial charge is 0.0927 e. The van der Waals surface area contributed by atoms with Gasteiger partial charge in [0.2, 0.25) is 0 Å². The minimum absolute atomic E-state index is 1.14. The van der Waals surface area contributed by atoms with Gasteiger partial charge in [-0.3, -0.25) is 0 Å². The van der Waals surface area contributed by atoms with Crippen LogP contribution in [-0.2, 0) is 0 Å². The van der Waals surface area contributed by atoms with E-state index in [1.165, 1.54) is 0 Å². The summed E-state index contributed by atoms with van der Waals surface area (Å²) in [6, 6.07) is 0. The summed E-state index contributed by atoms with van der Waals surface area (Å²) < 4.78 is 0. The highest BCUT2D eigenvalue weighted by atomic mass is 15.5. The van der Waals surface area contributed by atoms with Gasteiger partial charge in [-0.2, -0.15) is 0 Å². The van der Waals surface area contributed by atoms with E-state index in [0.717, 1.165) is 13.3 Å². The van der Waals surface area contributed by atoms with E-state index in [2.05, 4.69) is 22.2 Å². The first-order valence-corrected chi connectivity index (χ1v) is 2.11. The molecule has 0 N–H and O–H groups in total. The van der Waals surface area contributed by atoms with Crippen LogP contribution in [0.1, 0.15) is 0 Å². The maximum absolute atomic E-state index is 2.25. The van der Waals surface area contributed by atoms with Crippen molar-refractivity contribution in [2.45, 2.75) is 0 Å². The summed E-state index contributed by atoms with van der Waals surface area (Å²) in [5.74, 6) is 0. The molecule has 0 unspecified atom stereocenters. The molecule has 0 aromatic carbocycles. The van der Waals surface area contributed by atoms with E-state index in [1.54, 1.807) is 0 Å². The molecule has 6 heavy (non-hydrogen) atoms. The Kier molecular flexibility index (Phi) is 0.231. The van der Waals surface area contributed by atoms with E-state index < -0.39 is 0 Å². The largest absolute Gasteiger partial charge is 0.341 e. The summed E-state index contributed by atoms with van der Waals surface area (Å²) in [6.45, 7) is 2.28. The zero-order valence-corrected chi connectivity index (χ0v) is 3.46. The number of hydrogen-bond donors (Lipinski definition) is 0. The highest BCUT2D eigenvalue weighted by molar-refractivity contribution is 4.97. The van der Waals surface area contributed by atoms with Gasteiger partial charge >= 0.3 is 0 Å². The molecular weight excluding hydrogens is 76.1 g/mol. The van der Waals surface area contributed by atoms with Crippen LogP contribution in [0.3, 0.4) is 0 Å². The molecule has 0 amide bonds. The third kappa shape index (κ3) is 0.120. The maximum atomic E-state index is 2.25. The molecule has 3 aliphatic rings. The standard InChI is InChI=1S/C4H6N2/c1-2-6-3-5(1)4-6/h1-2H,3-4H2. The van der Waals surface area contributed by atoms with Crippen LogP contribution >= 0.6 is 0 Å². The third-order valence-corrected chi connectivity index (χ3v) is 1.21. The van der Waals surface area contributed by atoms with Crippen LogP contribution < -0.4 is 0 Å². The Labute approximate surface area is 36.7 Å². The second-order valence-electron chi connectivity index (χ2n) is 1.76. The summed E-state index contributed by atoms with van der Waals surface area (Å²) in [4.78, 5) is 4.50. The van der Waals surface area contributed by atoms with E-state index in [0.29, 0.717) is 0 Å². The van der Waals surface area contributed by atoms with Crippen molar-refractivity contribution in [1.82, 2.24) is 9.80 Å². The normalized spacial score (nSPS) is 25.3. The first-order valence-electron chi connectivity index (χ1n) is 2.11. The van der Waals surface area contributed by atoms with Gasteiger partial charge in [0, 0.05) is 12.4 Å². The first kappa shape index (κ1) is 2.50. The molecule has 1 saturated heterocycles. The van der Waals surface area contributed by atoms with Crippen molar-refractivity contribution >= 4 is 0 Å². The van der Waals surface area contributed by atoms with Crippen LogP contribution in [0.15, 0.2) is 12.4 Å². The van der Waals surface area contributed by atoms with Gasteiger partial charge in [-0.25, -0.2) is 0 Å². The SMILES string of the molecule is C1=CN2CN1C2. The summed E-state index contributed by atoms with van der Waals surface area (Å²) in [5.41, 5.74) is 0. The van der Waals surface area contributed by atoms with E-state index in [1.807, 2.05) is 0 Å². The lowest BCUT2D eigenvalue weighted by molar-refractivity contribution is 0.0941. The Morgan fingerprint density at radius 1 is 1.00 bits per heavy atom. The first-order chi connectivity index (χ1) is 2.95. The lowest BCUT2D eigenvalue weighted by atomic mass is 10.6. The molecule has 0 spiro atoms. The van der Waals surface area contributed by atoms with Gasteiger partial charge in [0.05, 0.1) is 13.3 Å². The molecule has 0 radical (unpaired) electrons. The molecule has 3 aliphatic heterocycles. The molecule has 0 saturated carbocycles. The summed E-state index contributed by atoms with van der Waals surface area (Å²) in [6.07, 6.45) is 4.22. The second kappa shape index (κ2) is 0.555. The van der Waals surface area contributed by atoms with Gasteiger partial charge in [0.1, 0.15) is 0 Å². The fraction of sp³-hybridized carbons (Fsp3) is 0.500. The van der Waals surface area contributed by atoms with Gasteiger partial charge in [-0.1, -0.05) is 0 Å². The van der Waals surface area contributed by atoms with Crippen molar-refractivity contribution in [3.8, 4) is 0 Å². The molecule has 2 nitrogen and oxygen atoms in total. The summed E-state index contributed by atoms with van der Waals surface area (Å²) >= 11 is 0. The van der Waals surface area contributed by atoms with E-state index in [4.69, 9.17) is 0 Å². The molecule has 32 valence electrons. The van der Waals surface area contributed by atoms with Crippen molar-refractivity contribution in [2.75, 3.05) is 13.3 Å². The number of nitrogens with zero attached hydrogens (tertiary/aromatic N) is 2. The Morgan fingerprint density at radius 2 is 1.50 bits per heavy atom. The van der Waals surface area contributed by atoms with Crippen LogP contribution in [0.25, 0.3) is 0 Å². The summed E-state index contributed by atoms with van der Waals surface area (Å²) in [7, 11) is 0. The van der Waals surface area contributed by atoms with E-state index >= 15 is 0 Å². The van der Waals surface area contributed by atoms with Crippen LogP contribution in [0.4, 0.5) is 0 Å². The third-order valence-electron chi connectivity index (χ3n) is 1.21. The van der Waals surface area contributed by atoms with Crippen LogP contribution in [0.5, 0.6) is 0 Å². The number of rotatable bonds is 0. The van der Waals surface area contributed by atoms with Gasteiger partial charge in [0.15, 0.2) is 0 Å². The molecular formula is C4H6N2. The van der Waals surface area contributed by atoms with Crippen molar-refractivity contribution in [2.24, 2.45) is 0 Å². The van der Waals surface area contributed by atoms with Crippen molar-refractivity contribution in [3.63, 3.8) is 0 Å². The maximum Gasteiger partial charge on any atom is 0.0927 e. The zero-order valence-electron chi connectivity index (χ0n) is 3.46. The zero-order chi connectivity index (χ0) is 3.98. The molecule has 1 fully saturated rings. The van der Waals surface area contributed by atoms with Gasteiger partial charge in [-0.05, 0) is 0 Å². The average molecular weight is 82.1 g/mol. The fourth-order valence-corrected chi connectivity index (χ4v) is 0.802. The molecule has 0 aromatic rings.